The molecular formula is C25H32N2O4. The van der Waals surface area contributed by atoms with Crippen LogP contribution in [0.3, 0.4) is 0 Å². The lowest BCUT2D eigenvalue weighted by Crippen LogP contribution is -2.51. The maximum Gasteiger partial charge on any atom is 0.259 e. The molecule has 31 heavy (non-hydrogen) atoms. The zero-order valence-corrected chi connectivity index (χ0v) is 18.7. The Morgan fingerprint density at radius 3 is 2.55 bits per heavy atom. The van der Waals surface area contributed by atoms with E-state index >= 15 is 0 Å². The van der Waals surface area contributed by atoms with Crippen molar-refractivity contribution >= 4 is 5.91 Å². The number of aryl methyl sites for hydroxylation is 1. The van der Waals surface area contributed by atoms with Gasteiger partial charge in [0.1, 0.15) is 5.56 Å². The van der Waals surface area contributed by atoms with Crippen molar-refractivity contribution in [3.63, 3.8) is 0 Å². The normalized spacial score (nSPS) is 20.5. The Labute approximate surface area is 184 Å². The number of pyridine rings is 1. The standard InChI is InChI=1S/C25H32N2O4/c1-18-4-6-19(7-5-18)16-20-10-15-31-25(17-20)11-13-27(14-12-25)24(28)21-8-9-22(29-2)26-23(21)30-3/h4-9,20H,10-17H2,1-3H3. The second-order valence-electron chi connectivity index (χ2n) is 8.78. The summed E-state index contributed by atoms with van der Waals surface area (Å²) in [6.07, 6.45) is 5.01. The molecule has 2 aliphatic rings. The summed E-state index contributed by atoms with van der Waals surface area (Å²) in [6, 6.07) is 12.3. The number of likely N-dealkylation sites (tertiary alicyclic amines) is 1. The zero-order valence-electron chi connectivity index (χ0n) is 18.7. The van der Waals surface area contributed by atoms with Gasteiger partial charge in [0.25, 0.3) is 5.91 Å². The molecule has 0 bridgehead atoms. The number of carbonyl (C=O) groups excluding carboxylic acids is 1. The van der Waals surface area contributed by atoms with Crippen molar-refractivity contribution in [1.82, 2.24) is 9.88 Å². The fourth-order valence-corrected chi connectivity index (χ4v) is 4.85. The summed E-state index contributed by atoms with van der Waals surface area (Å²) in [5.74, 6) is 1.32. The van der Waals surface area contributed by atoms with Gasteiger partial charge in [-0.15, -0.1) is 0 Å². The van der Waals surface area contributed by atoms with Gasteiger partial charge in [0, 0.05) is 25.8 Å². The summed E-state index contributed by atoms with van der Waals surface area (Å²) in [4.78, 5) is 19.2. The van der Waals surface area contributed by atoms with Crippen LogP contribution < -0.4 is 9.47 Å². The van der Waals surface area contributed by atoms with Crippen LogP contribution in [0.1, 0.15) is 47.2 Å². The number of nitrogens with zero attached hydrogens (tertiary/aromatic N) is 2. The van der Waals surface area contributed by atoms with Crippen LogP contribution in [0.25, 0.3) is 0 Å². The van der Waals surface area contributed by atoms with Gasteiger partial charge < -0.3 is 19.1 Å². The molecule has 0 radical (unpaired) electrons. The second kappa shape index (κ2) is 9.27. The first-order valence-electron chi connectivity index (χ1n) is 11.1. The molecule has 1 spiro atoms. The minimum atomic E-state index is -0.105. The van der Waals surface area contributed by atoms with E-state index in [1.807, 2.05) is 4.90 Å². The molecule has 2 saturated heterocycles. The maximum absolute atomic E-state index is 13.1. The monoisotopic (exact) mass is 424 g/mol. The number of methoxy groups -OCH3 is 2. The summed E-state index contributed by atoms with van der Waals surface area (Å²) in [5.41, 5.74) is 3.07. The number of piperidine rings is 1. The molecule has 1 aromatic carbocycles. The highest BCUT2D eigenvalue weighted by molar-refractivity contribution is 5.96. The molecule has 2 fully saturated rings. The van der Waals surface area contributed by atoms with Crippen molar-refractivity contribution in [1.29, 1.82) is 0 Å². The highest BCUT2D eigenvalue weighted by Gasteiger charge is 2.41. The summed E-state index contributed by atoms with van der Waals surface area (Å²) < 4.78 is 16.8. The molecule has 0 N–H and O–H groups in total. The third kappa shape index (κ3) is 4.85. The van der Waals surface area contributed by atoms with Crippen LogP contribution in [0.4, 0.5) is 0 Å². The lowest BCUT2D eigenvalue weighted by Gasteiger charge is -2.46. The molecular weight excluding hydrogens is 392 g/mol. The SMILES string of the molecule is COc1ccc(C(=O)N2CCC3(CC2)CC(Cc2ccc(C)cc2)CCO3)c(OC)n1. The van der Waals surface area contributed by atoms with E-state index < -0.39 is 0 Å². The van der Waals surface area contributed by atoms with Gasteiger partial charge in [0.2, 0.25) is 11.8 Å². The summed E-state index contributed by atoms with van der Waals surface area (Å²) >= 11 is 0. The van der Waals surface area contributed by atoms with Gasteiger partial charge in [-0.05, 0) is 56.6 Å². The van der Waals surface area contributed by atoms with Gasteiger partial charge in [0.15, 0.2) is 0 Å². The fourth-order valence-electron chi connectivity index (χ4n) is 4.85. The molecule has 6 heteroatoms. The molecule has 1 unspecified atom stereocenters. The molecule has 1 atom stereocenters. The smallest absolute Gasteiger partial charge is 0.259 e. The van der Waals surface area contributed by atoms with E-state index in [-0.39, 0.29) is 11.5 Å². The third-order valence-corrected chi connectivity index (χ3v) is 6.67. The van der Waals surface area contributed by atoms with Crippen molar-refractivity contribution in [3.05, 3.63) is 53.1 Å². The number of aromatic nitrogens is 1. The first kappa shape index (κ1) is 21.6. The van der Waals surface area contributed by atoms with E-state index in [9.17, 15) is 4.79 Å². The van der Waals surface area contributed by atoms with Crippen LogP contribution in [0, 0.1) is 12.8 Å². The Morgan fingerprint density at radius 1 is 1.13 bits per heavy atom. The summed E-state index contributed by atoms with van der Waals surface area (Å²) in [6.45, 7) is 4.30. The molecule has 0 saturated carbocycles. The quantitative estimate of drug-likeness (QED) is 0.725. The highest BCUT2D eigenvalue weighted by atomic mass is 16.5. The Balaban J connectivity index is 1.38. The van der Waals surface area contributed by atoms with E-state index in [2.05, 4.69) is 36.2 Å². The molecule has 1 aromatic heterocycles. The van der Waals surface area contributed by atoms with Gasteiger partial charge in [-0.1, -0.05) is 29.8 Å². The third-order valence-electron chi connectivity index (χ3n) is 6.67. The number of rotatable bonds is 5. The maximum atomic E-state index is 13.1. The molecule has 1 amide bonds. The number of benzene rings is 1. The van der Waals surface area contributed by atoms with E-state index in [0.717, 1.165) is 38.7 Å². The topological polar surface area (TPSA) is 60.9 Å². The predicted octanol–water partition coefficient (Wildman–Crippen LogP) is 4.05. The number of hydrogen-bond acceptors (Lipinski definition) is 5. The lowest BCUT2D eigenvalue weighted by atomic mass is 9.77. The van der Waals surface area contributed by atoms with Crippen molar-refractivity contribution in [2.75, 3.05) is 33.9 Å². The average Bonchev–Trinajstić information content (AvgIpc) is 2.80. The van der Waals surface area contributed by atoms with Gasteiger partial charge in [-0.2, -0.15) is 4.98 Å². The van der Waals surface area contributed by atoms with Crippen molar-refractivity contribution in [2.45, 2.75) is 44.6 Å². The first-order valence-corrected chi connectivity index (χ1v) is 11.1. The van der Waals surface area contributed by atoms with Crippen molar-refractivity contribution in [3.8, 4) is 11.8 Å². The Kier molecular flexibility index (Phi) is 6.46. The van der Waals surface area contributed by atoms with Crippen LogP contribution >= 0.6 is 0 Å². The van der Waals surface area contributed by atoms with E-state index in [4.69, 9.17) is 14.2 Å². The minimum absolute atomic E-state index is 0.0473. The minimum Gasteiger partial charge on any atom is -0.481 e. The molecule has 0 aliphatic carbocycles. The first-order chi connectivity index (χ1) is 15.0. The molecule has 4 rings (SSSR count). The van der Waals surface area contributed by atoms with Crippen molar-refractivity contribution < 1.29 is 19.0 Å². The highest BCUT2D eigenvalue weighted by Crippen LogP contribution is 2.39. The Hall–Kier alpha value is -2.60. The van der Waals surface area contributed by atoms with Crippen LogP contribution in [0.5, 0.6) is 11.8 Å². The molecule has 2 aliphatic heterocycles. The lowest BCUT2D eigenvalue weighted by molar-refractivity contribution is -0.123. The van der Waals surface area contributed by atoms with E-state index in [1.54, 1.807) is 19.2 Å². The molecule has 6 nitrogen and oxygen atoms in total. The van der Waals surface area contributed by atoms with E-state index in [1.165, 1.54) is 18.2 Å². The van der Waals surface area contributed by atoms with Crippen LogP contribution in [0.2, 0.25) is 0 Å². The van der Waals surface area contributed by atoms with Crippen LogP contribution in [-0.2, 0) is 11.2 Å². The molecule has 3 heterocycles. The number of ether oxygens (including phenoxy) is 3. The Morgan fingerprint density at radius 2 is 1.87 bits per heavy atom. The van der Waals surface area contributed by atoms with Gasteiger partial charge in [-0.25, -0.2) is 0 Å². The number of amides is 1. The van der Waals surface area contributed by atoms with Gasteiger partial charge >= 0.3 is 0 Å². The Bertz CT molecular complexity index is 904. The fraction of sp³-hybridized carbons (Fsp3) is 0.520. The number of carbonyl (C=O) groups is 1. The van der Waals surface area contributed by atoms with E-state index in [0.29, 0.717) is 36.3 Å². The number of hydrogen-bond donors (Lipinski definition) is 0. The summed E-state index contributed by atoms with van der Waals surface area (Å²) in [7, 11) is 3.07. The largest absolute Gasteiger partial charge is 0.481 e. The van der Waals surface area contributed by atoms with Gasteiger partial charge in [0.05, 0.1) is 19.8 Å². The summed E-state index contributed by atoms with van der Waals surface area (Å²) in [5, 5.41) is 0. The van der Waals surface area contributed by atoms with Crippen LogP contribution in [0.15, 0.2) is 36.4 Å². The van der Waals surface area contributed by atoms with Crippen LogP contribution in [-0.4, -0.2) is 55.3 Å². The average molecular weight is 425 g/mol. The predicted molar refractivity (Wildman–Crippen MR) is 119 cm³/mol. The second-order valence-corrected chi connectivity index (χ2v) is 8.78. The molecule has 166 valence electrons. The zero-order chi connectivity index (χ0) is 21.8. The van der Waals surface area contributed by atoms with Gasteiger partial charge in [-0.3, -0.25) is 4.79 Å². The van der Waals surface area contributed by atoms with Crippen molar-refractivity contribution in [2.24, 2.45) is 5.92 Å². The molecule has 2 aromatic rings.